The highest BCUT2D eigenvalue weighted by atomic mass is 16.6. The molecule has 0 N–H and O–H groups in total. The van der Waals surface area contributed by atoms with Crippen LogP contribution < -0.4 is 0 Å². The second kappa shape index (κ2) is 7.75. The SMILES string of the molecule is CC(C)(C)OC(=O)N1CCN([C@H]2C[C@@H](OCc3ccccc3)C2)CC1. The highest BCUT2D eigenvalue weighted by Gasteiger charge is 2.36. The number of carbonyl (C=O) groups excluding carboxylic acids is 1. The van der Waals surface area contributed by atoms with Gasteiger partial charge in [0.25, 0.3) is 0 Å². The predicted molar refractivity (Wildman–Crippen MR) is 97.4 cm³/mol. The van der Waals surface area contributed by atoms with E-state index in [0.717, 1.165) is 39.0 Å². The summed E-state index contributed by atoms with van der Waals surface area (Å²) in [7, 11) is 0. The molecule has 0 atom stereocenters. The molecular weight excluding hydrogens is 316 g/mol. The number of amides is 1. The van der Waals surface area contributed by atoms with E-state index < -0.39 is 5.60 Å². The first-order chi connectivity index (χ1) is 11.9. The summed E-state index contributed by atoms with van der Waals surface area (Å²) < 4.78 is 11.4. The molecule has 0 radical (unpaired) electrons. The predicted octanol–water partition coefficient (Wildman–Crippen LogP) is 3.29. The maximum atomic E-state index is 12.1. The van der Waals surface area contributed by atoms with Gasteiger partial charge in [0.15, 0.2) is 0 Å². The lowest BCUT2D eigenvalue weighted by Gasteiger charge is -2.46. The van der Waals surface area contributed by atoms with Gasteiger partial charge in [0, 0.05) is 32.2 Å². The Labute approximate surface area is 150 Å². The Hall–Kier alpha value is -1.59. The molecular formula is C20H30N2O3. The summed E-state index contributed by atoms with van der Waals surface area (Å²) in [5, 5.41) is 0. The Morgan fingerprint density at radius 3 is 2.32 bits per heavy atom. The van der Waals surface area contributed by atoms with E-state index in [4.69, 9.17) is 9.47 Å². The second-order valence-corrected chi connectivity index (χ2v) is 8.05. The van der Waals surface area contributed by atoms with Gasteiger partial charge in [-0.1, -0.05) is 30.3 Å². The molecule has 2 aliphatic rings. The van der Waals surface area contributed by atoms with Gasteiger partial charge in [-0.25, -0.2) is 4.79 Å². The van der Waals surface area contributed by atoms with Gasteiger partial charge in [-0.15, -0.1) is 0 Å². The fourth-order valence-electron chi connectivity index (χ4n) is 3.36. The maximum Gasteiger partial charge on any atom is 0.410 e. The first kappa shape index (κ1) is 18.2. The van der Waals surface area contributed by atoms with E-state index in [9.17, 15) is 4.79 Å². The minimum atomic E-state index is -0.425. The summed E-state index contributed by atoms with van der Waals surface area (Å²) in [6.45, 7) is 9.78. The number of rotatable bonds is 4. The van der Waals surface area contributed by atoms with Crippen LogP contribution in [0.4, 0.5) is 4.79 Å². The minimum absolute atomic E-state index is 0.190. The lowest BCUT2D eigenvalue weighted by molar-refractivity contribution is -0.0683. The van der Waals surface area contributed by atoms with Crippen LogP contribution in [0.5, 0.6) is 0 Å². The Bertz CT molecular complexity index is 556. The van der Waals surface area contributed by atoms with Gasteiger partial charge in [0.1, 0.15) is 5.60 Å². The molecule has 5 heteroatoms. The van der Waals surface area contributed by atoms with Gasteiger partial charge >= 0.3 is 6.09 Å². The Morgan fingerprint density at radius 2 is 1.72 bits per heavy atom. The quantitative estimate of drug-likeness (QED) is 0.839. The molecule has 1 saturated carbocycles. The van der Waals surface area contributed by atoms with E-state index in [-0.39, 0.29) is 6.09 Å². The number of carbonyl (C=O) groups is 1. The molecule has 1 aromatic carbocycles. The fraction of sp³-hybridized carbons (Fsp3) is 0.650. The first-order valence-electron chi connectivity index (χ1n) is 9.28. The van der Waals surface area contributed by atoms with Crippen molar-refractivity contribution in [3.63, 3.8) is 0 Å². The second-order valence-electron chi connectivity index (χ2n) is 8.05. The van der Waals surface area contributed by atoms with Crippen molar-refractivity contribution in [3.8, 4) is 0 Å². The number of ether oxygens (including phenoxy) is 2. The van der Waals surface area contributed by atoms with Crippen molar-refractivity contribution in [3.05, 3.63) is 35.9 Å². The van der Waals surface area contributed by atoms with Gasteiger partial charge in [0.05, 0.1) is 12.7 Å². The lowest BCUT2D eigenvalue weighted by Crippen LogP contribution is -2.56. The molecule has 1 aliphatic carbocycles. The maximum absolute atomic E-state index is 12.1. The minimum Gasteiger partial charge on any atom is -0.444 e. The monoisotopic (exact) mass is 346 g/mol. The molecule has 1 aliphatic heterocycles. The van der Waals surface area contributed by atoms with E-state index in [1.54, 1.807) is 0 Å². The van der Waals surface area contributed by atoms with E-state index in [0.29, 0.717) is 18.8 Å². The molecule has 5 nitrogen and oxygen atoms in total. The third-order valence-corrected chi connectivity index (χ3v) is 4.88. The van der Waals surface area contributed by atoms with Crippen LogP contribution in [0.2, 0.25) is 0 Å². The smallest absolute Gasteiger partial charge is 0.410 e. The summed E-state index contributed by atoms with van der Waals surface area (Å²) in [6.07, 6.45) is 2.37. The molecule has 0 bridgehead atoms. The van der Waals surface area contributed by atoms with Crippen molar-refractivity contribution in [1.82, 2.24) is 9.80 Å². The Kier molecular flexibility index (Phi) is 5.64. The van der Waals surface area contributed by atoms with Crippen LogP contribution in [0, 0.1) is 0 Å². The zero-order chi connectivity index (χ0) is 17.9. The molecule has 0 aromatic heterocycles. The molecule has 3 rings (SSSR count). The number of benzene rings is 1. The first-order valence-corrected chi connectivity index (χ1v) is 9.28. The van der Waals surface area contributed by atoms with E-state index in [1.807, 2.05) is 43.9 Å². The molecule has 25 heavy (non-hydrogen) atoms. The largest absolute Gasteiger partial charge is 0.444 e. The molecule has 138 valence electrons. The van der Waals surface area contributed by atoms with Gasteiger partial charge in [-0.2, -0.15) is 0 Å². The third-order valence-electron chi connectivity index (χ3n) is 4.88. The van der Waals surface area contributed by atoms with Crippen LogP contribution >= 0.6 is 0 Å². The number of piperazine rings is 1. The summed E-state index contributed by atoms with van der Waals surface area (Å²) >= 11 is 0. The standard InChI is InChI=1S/C20H30N2O3/c1-20(2,3)25-19(23)22-11-9-21(10-12-22)17-13-18(14-17)24-15-16-7-5-4-6-8-16/h4-8,17-18H,9-15H2,1-3H3/t17-,18+. The molecule has 1 saturated heterocycles. The van der Waals surface area contributed by atoms with Crippen LogP contribution in [-0.2, 0) is 16.1 Å². The normalized spacial score (nSPS) is 24.7. The van der Waals surface area contributed by atoms with Gasteiger partial charge in [-0.3, -0.25) is 4.90 Å². The molecule has 1 heterocycles. The Morgan fingerprint density at radius 1 is 1.08 bits per heavy atom. The average molecular weight is 346 g/mol. The number of hydrogen-bond acceptors (Lipinski definition) is 4. The zero-order valence-electron chi connectivity index (χ0n) is 15.6. The van der Waals surface area contributed by atoms with Crippen molar-refractivity contribution in [2.24, 2.45) is 0 Å². The van der Waals surface area contributed by atoms with Crippen molar-refractivity contribution in [2.75, 3.05) is 26.2 Å². The van der Waals surface area contributed by atoms with Crippen LogP contribution in [-0.4, -0.2) is 59.8 Å². The molecule has 2 fully saturated rings. The van der Waals surface area contributed by atoms with E-state index >= 15 is 0 Å². The van der Waals surface area contributed by atoms with Crippen LogP contribution in [0.25, 0.3) is 0 Å². The van der Waals surface area contributed by atoms with Crippen LogP contribution in [0.15, 0.2) is 30.3 Å². The highest BCUT2D eigenvalue weighted by molar-refractivity contribution is 5.68. The van der Waals surface area contributed by atoms with Crippen LogP contribution in [0.3, 0.4) is 0 Å². The van der Waals surface area contributed by atoms with Gasteiger partial charge < -0.3 is 14.4 Å². The topological polar surface area (TPSA) is 42.0 Å². The van der Waals surface area contributed by atoms with Crippen LogP contribution in [0.1, 0.15) is 39.2 Å². The van der Waals surface area contributed by atoms with Crippen molar-refractivity contribution in [2.45, 2.75) is 58.0 Å². The molecule has 1 amide bonds. The van der Waals surface area contributed by atoms with E-state index in [1.165, 1.54) is 5.56 Å². The number of nitrogens with zero attached hydrogens (tertiary/aromatic N) is 2. The van der Waals surface area contributed by atoms with Crippen molar-refractivity contribution >= 4 is 6.09 Å². The van der Waals surface area contributed by atoms with Crippen molar-refractivity contribution in [1.29, 1.82) is 0 Å². The lowest BCUT2D eigenvalue weighted by atomic mass is 9.87. The fourth-order valence-corrected chi connectivity index (χ4v) is 3.36. The number of hydrogen-bond donors (Lipinski definition) is 0. The highest BCUT2D eigenvalue weighted by Crippen LogP contribution is 2.30. The zero-order valence-corrected chi connectivity index (χ0v) is 15.6. The summed E-state index contributed by atoms with van der Waals surface area (Å²) in [4.78, 5) is 16.4. The summed E-state index contributed by atoms with van der Waals surface area (Å²) in [5.41, 5.74) is 0.808. The van der Waals surface area contributed by atoms with Gasteiger partial charge in [-0.05, 0) is 39.2 Å². The van der Waals surface area contributed by atoms with Crippen molar-refractivity contribution < 1.29 is 14.3 Å². The summed E-state index contributed by atoms with van der Waals surface area (Å²) in [6, 6.07) is 10.9. The Balaban J connectivity index is 1.34. The van der Waals surface area contributed by atoms with Gasteiger partial charge in [0.2, 0.25) is 0 Å². The summed E-state index contributed by atoms with van der Waals surface area (Å²) in [5.74, 6) is 0. The molecule has 0 unspecified atom stereocenters. The molecule has 1 aromatic rings. The average Bonchev–Trinajstić information content (AvgIpc) is 2.53. The van der Waals surface area contributed by atoms with E-state index in [2.05, 4.69) is 17.0 Å². The molecule has 0 spiro atoms. The third kappa shape index (κ3) is 5.19.